The van der Waals surface area contributed by atoms with Crippen molar-refractivity contribution in [3.63, 3.8) is 0 Å². The zero-order chi connectivity index (χ0) is 12.8. The Morgan fingerprint density at radius 3 is 2.47 bits per heavy atom. The van der Waals surface area contributed by atoms with Crippen molar-refractivity contribution in [2.24, 2.45) is 5.92 Å². The van der Waals surface area contributed by atoms with Crippen LogP contribution >= 0.6 is 0 Å². The number of aliphatic hydroxyl groups is 1. The van der Waals surface area contributed by atoms with Gasteiger partial charge in [-0.05, 0) is 30.5 Å². The molecule has 0 aliphatic heterocycles. The predicted molar refractivity (Wildman–Crippen MR) is 68.0 cm³/mol. The number of rotatable bonds is 6. The minimum atomic E-state index is 0.0384. The largest absolute Gasteiger partial charge is 0.496 e. The van der Waals surface area contributed by atoms with Crippen LogP contribution in [0, 0.1) is 5.92 Å². The Labute approximate surface area is 103 Å². The Morgan fingerprint density at radius 1 is 1.24 bits per heavy atom. The molecule has 3 heteroatoms. The number of benzene rings is 1. The van der Waals surface area contributed by atoms with Crippen molar-refractivity contribution in [1.82, 2.24) is 0 Å². The first-order valence-corrected chi connectivity index (χ1v) is 5.96. The summed E-state index contributed by atoms with van der Waals surface area (Å²) in [5.41, 5.74) is 1.85. The second-order valence-corrected chi connectivity index (χ2v) is 4.56. The fourth-order valence-corrected chi connectivity index (χ4v) is 1.46. The summed E-state index contributed by atoms with van der Waals surface area (Å²) in [6.45, 7) is 6.87. The Hall–Kier alpha value is -1.06. The summed E-state index contributed by atoms with van der Waals surface area (Å²) in [7, 11) is 1.64. The lowest BCUT2D eigenvalue weighted by Gasteiger charge is -2.18. The molecule has 1 aromatic carbocycles. The maximum absolute atomic E-state index is 9.11. The van der Waals surface area contributed by atoms with Gasteiger partial charge in [-0.3, -0.25) is 0 Å². The van der Waals surface area contributed by atoms with Gasteiger partial charge in [0, 0.05) is 5.56 Å². The van der Waals surface area contributed by atoms with Gasteiger partial charge in [-0.15, -0.1) is 0 Å². The monoisotopic (exact) mass is 238 g/mol. The van der Waals surface area contributed by atoms with E-state index in [1.54, 1.807) is 7.11 Å². The normalized spacial score (nSPS) is 12.8. The lowest BCUT2D eigenvalue weighted by atomic mass is 10.1. The van der Waals surface area contributed by atoms with Gasteiger partial charge >= 0.3 is 0 Å². The topological polar surface area (TPSA) is 38.7 Å². The molecule has 0 saturated carbocycles. The third kappa shape index (κ3) is 4.02. The van der Waals surface area contributed by atoms with E-state index < -0.39 is 0 Å². The minimum absolute atomic E-state index is 0.0384. The van der Waals surface area contributed by atoms with Crippen molar-refractivity contribution in [3.8, 4) is 5.75 Å². The average molecular weight is 238 g/mol. The average Bonchev–Trinajstić information content (AvgIpc) is 2.35. The smallest absolute Gasteiger partial charge is 0.124 e. The number of methoxy groups -OCH3 is 1. The van der Waals surface area contributed by atoms with Crippen molar-refractivity contribution in [2.75, 3.05) is 7.11 Å². The van der Waals surface area contributed by atoms with Crippen LogP contribution in [0.1, 0.15) is 31.9 Å². The van der Waals surface area contributed by atoms with Crippen LogP contribution in [0.2, 0.25) is 0 Å². The molecule has 1 N–H and O–H groups in total. The maximum atomic E-state index is 9.11. The maximum Gasteiger partial charge on any atom is 0.124 e. The van der Waals surface area contributed by atoms with E-state index in [2.05, 4.69) is 20.8 Å². The molecule has 0 amide bonds. The molecule has 0 saturated heterocycles. The van der Waals surface area contributed by atoms with Crippen LogP contribution in [0.15, 0.2) is 18.2 Å². The summed E-state index contributed by atoms with van der Waals surface area (Å²) in [5, 5.41) is 9.11. The van der Waals surface area contributed by atoms with Gasteiger partial charge < -0.3 is 14.6 Å². The zero-order valence-electron chi connectivity index (χ0n) is 11.1. The van der Waals surface area contributed by atoms with Gasteiger partial charge in [-0.1, -0.05) is 19.9 Å². The molecule has 1 unspecified atom stereocenters. The molecule has 0 bridgehead atoms. The van der Waals surface area contributed by atoms with E-state index in [0.29, 0.717) is 12.5 Å². The molecule has 0 aliphatic rings. The van der Waals surface area contributed by atoms with Gasteiger partial charge in [0.15, 0.2) is 0 Å². The van der Waals surface area contributed by atoms with Crippen molar-refractivity contribution in [1.29, 1.82) is 0 Å². The number of ether oxygens (including phenoxy) is 2. The van der Waals surface area contributed by atoms with Crippen molar-refractivity contribution < 1.29 is 14.6 Å². The third-order valence-electron chi connectivity index (χ3n) is 2.97. The van der Waals surface area contributed by atoms with Gasteiger partial charge in [-0.25, -0.2) is 0 Å². The number of hydrogen-bond donors (Lipinski definition) is 1. The molecular formula is C14H22O3. The van der Waals surface area contributed by atoms with Gasteiger partial charge in [-0.2, -0.15) is 0 Å². The van der Waals surface area contributed by atoms with Crippen LogP contribution in [0.3, 0.4) is 0 Å². The molecular weight excluding hydrogens is 216 g/mol. The summed E-state index contributed by atoms with van der Waals surface area (Å²) < 4.78 is 11.0. The first-order valence-electron chi connectivity index (χ1n) is 5.96. The molecule has 1 aromatic rings. The van der Waals surface area contributed by atoms with Crippen LogP contribution in [-0.4, -0.2) is 18.3 Å². The molecule has 0 heterocycles. The van der Waals surface area contributed by atoms with Crippen LogP contribution in [0.5, 0.6) is 5.75 Å². The number of aliphatic hydroxyl groups excluding tert-OH is 1. The first-order chi connectivity index (χ1) is 8.08. The van der Waals surface area contributed by atoms with Gasteiger partial charge in [0.2, 0.25) is 0 Å². The van der Waals surface area contributed by atoms with Gasteiger partial charge in [0.1, 0.15) is 5.75 Å². The first kappa shape index (κ1) is 14.0. The van der Waals surface area contributed by atoms with E-state index >= 15 is 0 Å². The van der Waals surface area contributed by atoms with E-state index in [9.17, 15) is 0 Å². The van der Waals surface area contributed by atoms with Gasteiger partial charge in [0.25, 0.3) is 0 Å². The van der Waals surface area contributed by atoms with E-state index in [1.165, 1.54) is 0 Å². The SMILES string of the molecule is COc1ccc(CO)cc1COC(C)C(C)C. The summed E-state index contributed by atoms with van der Waals surface area (Å²) in [4.78, 5) is 0. The lowest BCUT2D eigenvalue weighted by molar-refractivity contribution is 0.0225. The fraction of sp³-hybridized carbons (Fsp3) is 0.571. The Bertz CT molecular complexity index is 347. The molecule has 1 atom stereocenters. The highest BCUT2D eigenvalue weighted by molar-refractivity contribution is 5.36. The quantitative estimate of drug-likeness (QED) is 0.828. The Kier molecular flexibility index (Phi) is 5.45. The van der Waals surface area contributed by atoms with Crippen molar-refractivity contribution in [2.45, 2.75) is 40.1 Å². The van der Waals surface area contributed by atoms with E-state index in [4.69, 9.17) is 14.6 Å². The minimum Gasteiger partial charge on any atom is -0.496 e. The zero-order valence-corrected chi connectivity index (χ0v) is 11.1. The molecule has 0 radical (unpaired) electrons. The summed E-state index contributed by atoms with van der Waals surface area (Å²) in [5.74, 6) is 1.29. The second-order valence-electron chi connectivity index (χ2n) is 4.56. The highest BCUT2D eigenvalue weighted by Gasteiger charge is 2.10. The third-order valence-corrected chi connectivity index (χ3v) is 2.97. The molecule has 96 valence electrons. The number of hydrogen-bond acceptors (Lipinski definition) is 3. The Morgan fingerprint density at radius 2 is 1.94 bits per heavy atom. The van der Waals surface area contributed by atoms with Crippen molar-refractivity contribution >= 4 is 0 Å². The molecule has 0 spiro atoms. The van der Waals surface area contributed by atoms with E-state index in [0.717, 1.165) is 16.9 Å². The van der Waals surface area contributed by atoms with Gasteiger partial charge in [0.05, 0.1) is 26.4 Å². The van der Waals surface area contributed by atoms with E-state index in [1.807, 2.05) is 18.2 Å². The van der Waals surface area contributed by atoms with Crippen LogP contribution in [-0.2, 0) is 18.0 Å². The molecule has 17 heavy (non-hydrogen) atoms. The Balaban J connectivity index is 2.74. The van der Waals surface area contributed by atoms with Crippen molar-refractivity contribution in [3.05, 3.63) is 29.3 Å². The van der Waals surface area contributed by atoms with Crippen LogP contribution in [0.25, 0.3) is 0 Å². The fourth-order valence-electron chi connectivity index (χ4n) is 1.46. The molecule has 0 aliphatic carbocycles. The van der Waals surface area contributed by atoms with Crippen LogP contribution < -0.4 is 4.74 Å². The molecule has 0 fully saturated rings. The summed E-state index contributed by atoms with van der Waals surface area (Å²) >= 11 is 0. The lowest BCUT2D eigenvalue weighted by Crippen LogP contribution is -2.15. The summed E-state index contributed by atoms with van der Waals surface area (Å²) in [6.07, 6.45) is 0.206. The molecule has 1 rings (SSSR count). The highest BCUT2D eigenvalue weighted by Crippen LogP contribution is 2.22. The molecule has 0 aromatic heterocycles. The highest BCUT2D eigenvalue weighted by atomic mass is 16.5. The summed E-state index contributed by atoms with van der Waals surface area (Å²) in [6, 6.07) is 5.64. The second kappa shape index (κ2) is 6.62. The van der Waals surface area contributed by atoms with Crippen LogP contribution in [0.4, 0.5) is 0 Å². The molecule has 3 nitrogen and oxygen atoms in total. The predicted octanol–water partition coefficient (Wildman–Crippen LogP) is 2.75. The van der Waals surface area contributed by atoms with E-state index in [-0.39, 0.29) is 12.7 Å². The standard InChI is InChI=1S/C14H22O3/c1-10(2)11(3)17-9-13-7-12(8-15)5-6-14(13)16-4/h5-7,10-11,15H,8-9H2,1-4H3.